The van der Waals surface area contributed by atoms with Crippen LogP contribution < -0.4 is 10.1 Å². The summed E-state index contributed by atoms with van der Waals surface area (Å²) in [4.78, 5) is 12.5. The molecule has 0 atom stereocenters. The molecule has 1 aromatic heterocycles. The zero-order chi connectivity index (χ0) is 22.5. The topological polar surface area (TPSA) is 108 Å². The van der Waals surface area contributed by atoms with Gasteiger partial charge in [-0.15, -0.1) is 0 Å². The van der Waals surface area contributed by atoms with Crippen molar-refractivity contribution in [3.63, 3.8) is 0 Å². The highest BCUT2D eigenvalue weighted by atomic mass is 35.5. The number of anilines is 1. The first-order chi connectivity index (χ1) is 14.7. The Labute approximate surface area is 178 Å². The summed E-state index contributed by atoms with van der Waals surface area (Å²) in [5.41, 5.74) is -0.671. The number of ether oxygens (including phenoxy) is 2. The highest BCUT2D eigenvalue weighted by Crippen LogP contribution is 2.26. The lowest BCUT2D eigenvalue weighted by Crippen LogP contribution is -2.17. The molecule has 0 aliphatic carbocycles. The van der Waals surface area contributed by atoms with Crippen molar-refractivity contribution < 1.29 is 31.9 Å². The van der Waals surface area contributed by atoms with Crippen LogP contribution in [0.15, 0.2) is 59.2 Å². The molecule has 0 aliphatic rings. The Morgan fingerprint density at radius 1 is 1.10 bits per heavy atom. The molecule has 7 nitrogen and oxygen atoms in total. The first kappa shape index (κ1) is 21.9. The van der Waals surface area contributed by atoms with Crippen molar-refractivity contribution in [3.05, 3.63) is 82.5 Å². The van der Waals surface area contributed by atoms with E-state index in [4.69, 9.17) is 31.6 Å². The molecule has 0 saturated heterocycles. The zero-order valence-electron chi connectivity index (χ0n) is 15.4. The Bertz CT molecular complexity index is 1140. The fourth-order valence-corrected chi connectivity index (χ4v) is 2.62. The predicted octanol–water partition coefficient (Wildman–Crippen LogP) is 5.29. The molecular formula is C20H13ClF3N3O4. The van der Waals surface area contributed by atoms with E-state index in [1.807, 2.05) is 0 Å². The van der Waals surface area contributed by atoms with E-state index >= 15 is 0 Å². The minimum absolute atomic E-state index is 0.0307. The van der Waals surface area contributed by atoms with Gasteiger partial charge in [0.05, 0.1) is 17.5 Å². The number of hydrogen-bond donors (Lipinski definition) is 3. The van der Waals surface area contributed by atoms with E-state index in [9.17, 15) is 18.0 Å². The molecule has 2 aromatic carbocycles. The summed E-state index contributed by atoms with van der Waals surface area (Å²) >= 11 is 5.82. The first-order valence-electron chi connectivity index (χ1n) is 8.49. The Morgan fingerprint density at radius 3 is 2.55 bits per heavy atom. The van der Waals surface area contributed by atoms with Crippen molar-refractivity contribution in [3.8, 4) is 5.75 Å². The van der Waals surface area contributed by atoms with Gasteiger partial charge in [0.2, 0.25) is 5.90 Å². The number of rotatable bonds is 6. The number of halogens is 4. The van der Waals surface area contributed by atoms with Crippen LogP contribution in [0.4, 0.5) is 18.9 Å². The third-order valence-electron chi connectivity index (χ3n) is 3.83. The van der Waals surface area contributed by atoms with Crippen molar-refractivity contribution in [1.29, 1.82) is 10.8 Å². The number of nitrogens with one attached hydrogen (secondary N) is 3. The molecule has 0 spiro atoms. The highest BCUT2D eigenvalue weighted by Gasteiger charge is 2.19. The summed E-state index contributed by atoms with van der Waals surface area (Å²) < 4.78 is 53.8. The van der Waals surface area contributed by atoms with Crippen LogP contribution >= 0.6 is 11.6 Å². The Hall–Kier alpha value is -3.79. The Balaban J connectivity index is 1.81. The molecule has 3 N–H and O–H groups in total. The number of benzene rings is 2. The zero-order valence-corrected chi connectivity index (χ0v) is 16.2. The van der Waals surface area contributed by atoms with Gasteiger partial charge in [0.15, 0.2) is 5.76 Å². The maximum atomic E-state index is 14.2. The summed E-state index contributed by atoms with van der Waals surface area (Å²) in [6, 6.07) is 9.67. The highest BCUT2D eigenvalue weighted by molar-refractivity contribution is 6.31. The van der Waals surface area contributed by atoms with Gasteiger partial charge in [-0.3, -0.25) is 15.6 Å². The van der Waals surface area contributed by atoms with E-state index in [0.29, 0.717) is 0 Å². The minimum atomic E-state index is -3.19. The SMILES string of the molecule is N=C(OC(=N)c1ccco1)c1ccc(F)c(NC(=O)c2cc(Cl)ccc2OC(F)F)c1. The van der Waals surface area contributed by atoms with Crippen molar-refractivity contribution in [1.82, 2.24) is 0 Å². The molecule has 0 radical (unpaired) electrons. The third-order valence-corrected chi connectivity index (χ3v) is 4.06. The molecule has 0 bridgehead atoms. The summed E-state index contributed by atoms with van der Waals surface area (Å²) in [6.07, 6.45) is 1.32. The van der Waals surface area contributed by atoms with Gasteiger partial charge >= 0.3 is 6.61 Å². The van der Waals surface area contributed by atoms with Gasteiger partial charge in [-0.2, -0.15) is 8.78 Å². The lowest BCUT2D eigenvalue weighted by molar-refractivity contribution is -0.0501. The van der Waals surface area contributed by atoms with E-state index in [2.05, 4.69) is 10.1 Å². The second-order valence-corrected chi connectivity index (χ2v) is 6.34. The van der Waals surface area contributed by atoms with E-state index in [1.54, 1.807) is 0 Å². The van der Waals surface area contributed by atoms with E-state index < -0.39 is 35.9 Å². The van der Waals surface area contributed by atoms with Crippen LogP contribution in [0, 0.1) is 16.6 Å². The second-order valence-electron chi connectivity index (χ2n) is 5.91. The molecule has 1 heterocycles. The molecule has 0 aliphatic heterocycles. The predicted molar refractivity (Wildman–Crippen MR) is 106 cm³/mol. The van der Waals surface area contributed by atoms with Gasteiger partial charge in [0, 0.05) is 10.6 Å². The van der Waals surface area contributed by atoms with Gasteiger partial charge in [-0.25, -0.2) is 4.39 Å². The van der Waals surface area contributed by atoms with Crippen molar-refractivity contribution in [2.45, 2.75) is 6.61 Å². The van der Waals surface area contributed by atoms with E-state index in [1.165, 1.54) is 30.5 Å². The first-order valence-corrected chi connectivity index (χ1v) is 8.87. The molecule has 0 fully saturated rings. The van der Waals surface area contributed by atoms with Crippen LogP contribution in [0.5, 0.6) is 5.75 Å². The normalized spacial score (nSPS) is 10.6. The van der Waals surface area contributed by atoms with Gasteiger partial charge in [0.1, 0.15) is 11.6 Å². The summed E-state index contributed by atoms with van der Waals surface area (Å²) in [7, 11) is 0. The summed E-state index contributed by atoms with van der Waals surface area (Å²) in [5.74, 6) is -3.15. The Kier molecular flexibility index (Phi) is 6.61. The molecule has 3 aromatic rings. The van der Waals surface area contributed by atoms with Crippen LogP contribution in [0.1, 0.15) is 21.7 Å². The van der Waals surface area contributed by atoms with E-state index in [0.717, 1.165) is 24.3 Å². The number of hydrogen-bond acceptors (Lipinski definition) is 6. The molecule has 31 heavy (non-hydrogen) atoms. The summed E-state index contributed by atoms with van der Waals surface area (Å²) in [6.45, 7) is -3.19. The number of carbonyl (C=O) groups is 1. The van der Waals surface area contributed by atoms with Crippen LogP contribution in [-0.2, 0) is 4.74 Å². The average molecular weight is 452 g/mol. The molecule has 0 unspecified atom stereocenters. The average Bonchev–Trinajstić information content (AvgIpc) is 3.25. The van der Waals surface area contributed by atoms with Crippen molar-refractivity contribution in [2.24, 2.45) is 0 Å². The maximum absolute atomic E-state index is 14.2. The third kappa shape index (κ3) is 5.43. The molecule has 11 heteroatoms. The quantitative estimate of drug-likeness (QED) is 0.349. The van der Waals surface area contributed by atoms with Gasteiger partial charge < -0.3 is 19.2 Å². The van der Waals surface area contributed by atoms with Crippen molar-refractivity contribution in [2.75, 3.05) is 5.32 Å². The lowest BCUT2D eigenvalue weighted by atomic mass is 10.1. The number of carbonyl (C=O) groups excluding carboxylic acids is 1. The van der Waals surface area contributed by atoms with E-state index in [-0.39, 0.29) is 27.6 Å². The number of amides is 1. The maximum Gasteiger partial charge on any atom is 0.387 e. The van der Waals surface area contributed by atoms with Crippen LogP contribution in [0.25, 0.3) is 0 Å². The van der Waals surface area contributed by atoms with Crippen LogP contribution in [0.2, 0.25) is 5.02 Å². The Morgan fingerprint density at radius 2 is 1.87 bits per heavy atom. The standard InChI is InChI=1S/C20H13ClF3N3O4/c21-11-4-6-15(30-20(23)24)12(9-11)19(28)27-14-8-10(3-5-13(14)22)17(25)31-18(26)16-2-1-7-29-16/h1-9,20,25-26H,(H,27,28). The van der Waals surface area contributed by atoms with Crippen molar-refractivity contribution >= 4 is 35.0 Å². The van der Waals surface area contributed by atoms with Gasteiger partial charge in [0.25, 0.3) is 11.8 Å². The van der Waals surface area contributed by atoms with Gasteiger partial charge in [-0.1, -0.05) is 11.6 Å². The van der Waals surface area contributed by atoms with Gasteiger partial charge in [-0.05, 0) is 48.5 Å². The summed E-state index contributed by atoms with van der Waals surface area (Å²) in [5, 5.41) is 18.0. The fourth-order valence-electron chi connectivity index (χ4n) is 2.45. The fraction of sp³-hybridized carbons (Fsp3) is 0.0500. The number of alkyl halides is 2. The second kappa shape index (κ2) is 9.35. The molecule has 0 saturated carbocycles. The number of furan rings is 1. The lowest BCUT2D eigenvalue weighted by Gasteiger charge is -2.13. The smallest absolute Gasteiger partial charge is 0.387 e. The molecule has 1 amide bonds. The van der Waals surface area contributed by atoms with Crippen LogP contribution in [-0.4, -0.2) is 24.3 Å². The largest absolute Gasteiger partial charge is 0.459 e. The molecule has 160 valence electrons. The molecular weight excluding hydrogens is 439 g/mol. The minimum Gasteiger partial charge on any atom is -0.459 e. The monoisotopic (exact) mass is 451 g/mol. The molecule has 3 rings (SSSR count). The van der Waals surface area contributed by atoms with Crippen LogP contribution in [0.3, 0.4) is 0 Å².